The SMILES string of the molecule is Cn1cccc1[C@@H]1O[C@H](COCc2ccccc2)[C@@H](OCc2ccccc2)[C@H](OCc2ccccc2)[C@H]1OCc1ccccc1. The molecule has 0 aliphatic carbocycles. The predicted octanol–water partition coefficient (Wildman–Crippen LogP) is 7.44. The lowest BCUT2D eigenvalue weighted by atomic mass is 9.92. The van der Waals surface area contributed by atoms with Gasteiger partial charge >= 0.3 is 0 Å². The average Bonchev–Trinajstić information content (AvgIpc) is 3.53. The zero-order valence-electron chi connectivity index (χ0n) is 25.7. The van der Waals surface area contributed by atoms with Crippen LogP contribution in [0, 0.1) is 0 Å². The van der Waals surface area contributed by atoms with Gasteiger partial charge in [-0.3, -0.25) is 0 Å². The minimum absolute atomic E-state index is 0.339. The molecule has 5 aromatic rings. The number of ether oxygens (including phenoxy) is 5. The maximum absolute atomic E-state index is 6.96. The van der Waals surface area contributed by atoms with Gasteiger partial charge in [0.25, 0.3) is 0 Å². The maximum atomic E-state index is 6.96. The Bertz CT molecular complexity index is 1540. The predicted molar refractivity (Wildman–Crippen MR) is 174 cm³/mol. The molecule has 1 fully saturated rings. The second-order valence-corrected chi connectivity index (χ2v) is 11.4. The molecule has 6 nitrogen and oxygen atoms in total. The highest BCUT2D eigenvalue weighted by Crippen LogP contribution is 2.38. The molecule has 1 aromatic heterocycles. The Morgan fingerprint density at radius 1 is 0.511 bits per heavy atom. The average molecular weight is 604 g/mol. The van der Waals surface area contributed by atoms with Gasteiger partial charge in [-0.2, -0.15) is 0 Å². The first kappa shape index (κ1) is 31.0. The van der Waals surface area contributed by atoms with Gasteiger partial charge in [-0.15, -0.1) is 0 Å². The second-order valence-electron chi connectivity index (χ2n) is 11.4. The van der Waals surface area contributed by atoms with E-state index in [4.69, 9.17) is 23.7 Å². The number of hydrogen-bond acceptors (Lipinski definition) is 5. The number of aryl methyl sites for hydroxylation is 1. The molecule has 45 heavy (non-hydrogen) atoms. The smallest absolute Gasteiger partial charge is 0.127 e. The van der Waals surface area contributed by atoms with Crippen molar-refractivity contribution in [2.75, 3.05) is 6.61 Å². The summed E-state index contributed by atoms with van der Waals surface area (Å²) in [6.45, 7) is 2.06. The first-order valence-corrected chi connectivity index (χ1v) is 15.6. The molecule has 5 atom stereocenters. The fraction of sp³-hybridized carbons (Fsp3) is 0.282. The maximum Gasteiger partial charge on any atom is 0.127 e. The van der Waals surface area contributed by atoms with E-state index in [1.165, 1.54) is 0 Å². The summed E-state index contributed by atoms with van der Waals surface area (Å²) in [5.41, 5.74) is 5.36. The molecular weight excluding hydrogens is 562 g/mol. The van der Waals surface area contributed by atoms with Crippen LogP contribution < -0.4 is 0 Å². The Hall–Kier alpha value is -4.04. The topological polar surface area (TPSA) is 51.1 Å². The van der Waals surface area contributed by atoms with Crippen LogP contribution in [-0.2, 0) is 57.2 Å². The van der Waals surface area contributed by atoms with Crippen LogP contribution in [0.15, 0.2) is 140 Å². The third-order valence-electron chi connectivity index (χ3n) is 8.16. The molecule has 0 spiro atoms. The van der Waals surface area contributed by atoms with Gasteiger partial charge in [0.15, 0.2) is 0 Å². The van der Waals surface area contributed by atoms with Crippen LogP contribution in [0.3, 0.4) is 0 Å². The van der Waals surface area contributed by atoms with Crippen LogP contribution in [0.1, 0.15) is 34.1 Å². The largest absolute Gasteiger partial charge is 0.374 e. The van der Waals surface area contributed by atoms with E-state index < -0.39 is 30.5 Å². The Kier molecular flexibility index (Phi) is 10.9. The van der Waals surface area contributed by atoms with Crippen molar-refractivity contribution in [2.24, 2.45) is 7.05 Å². The summed E-state index contributed by atoms with van der Waals surface area (Å²) in [4.78, 5) is 0. The van der Waals surface area contributed by atoms with E-state index in [9.17, 15) is 0 Å². The number of hydrogen-bond donors (Lipinski definition) is 0. The number of benzene rings is 4. The van der Waals surface area contributed by atoms with E-state index in [2.05, 4.69) is 59.2 Å². The molecular formula is C39H41NO5. The van der Waals surface area contributed by atoms with Crippen molar-refractivity contribution in [3.05, 3.63) is 168 Å². The molecule has 0 amide bonds. The van der Waals surface area contributed by atoms with Crippen molar-refractivity contribution in [3.63, 3.8) is 0 Å². The standard InChI is InChI=1S/C39H41NO5/c1-40-24-14-23-34(40)36-38(43-27-32-19-10-4-11-20-32)39(44-28-33-21-12-5-13-22-33)37(42-26-31-17-8-3-9-18-31)35(45-36)29-41-25-30-15-6-2-7-16-30/h2-24,35-39H,25-29H2,1H3/t35-,36+,37-,38+,39+/m1/s1. The summed E-state index contributed by atoms with van der Waals surface area (Å²) < 4.78 is 35.7. The highest BCUT2D eigenvalue weighted by atomic mass is 16.6. The number of nitrogens with zero attached hydrogens (tertiary/aromatic N) is 1. The van der Waals surface area contributed by atoms with Crippen LogP contribution in [-0.4, -0.2) is 35.6 Å². The monoisotopic (exact) mass is 603 g/mol. The fourth-order valence-electron chi connectivity index (χ4n) is 5.80. The van der Waals surface area contributed by atoms with Crippen molar-refractivity contribution in [1.82, 2.24) is 4.57 Å². The van der Waals surface area contributed by atoms with E-state index in [0.717, 1.165) is 27.9 Å². The van der Waals surface area contributed by atoms with Crippen LogP contribution >= 0.6 is 0 Å². The molecule has 0 radical (unpaired) electrons. The van der Waals surface area contributed by atoms with Gasteiger partial charge in [0.1, 0.15) is 30.5 Å². The zero-order chi connectivity index (χ0) is 30.7. The van der Waals surface area contributed by atoms with Crippen LogP contribution in [0.2, 0.25) is 0 Å². The second kappa shape index (κ2) is 15.8. The van der Waals surface area contributed by atoms with E-state index >= 15 is 0 Å². The molecule has 0 unspecified atom stereocenters. The fourth-order valence-corrected chi connectivity index (χ4v) is 5.80. The third-order valence-corrected chi connectivity index (χ3v) is 8.16. The summed E-state index contributed by atoms with van der Waals surface area (Å²) in [7, 11) is 2.03. The highest BCUT2D eigenvalue weighted by molar-refractivity contribution is 5.19. The van der Waals surface area contributed by atoms with Crippen molar-refractivity contribution in [3.8, 4) is 0 Å². The summed E-state index contributed by atoms with van der Waals surface area (Å²) in [5, 5.41) is 0. The minimum Gasteiger partial charge on any atom is -0.374 e. The molecule has 4 aromatic carbocycles. The van der Waals surface area contributed by atoms with Gasteiger partial charge in [-0.05, 0) is 34.4 Å². The van der Waals surface area contributed by atoms with E-state index in [1.54, 1.807) is 0 Å². The van der Waals surface area contributed by atoms with Gasteiger partial charge in [0, 0.05) is 18.9 Å². The summed E-state index contributed by atoms with van der Waals surface area (Å²) in [5.74, 6) is 0. The molecule has 1 aliphatic rings. The summed E-state index contributed by atoms with van der Waals surface area (Å²) in [6.07, 6.45) is -0.135. The lowest BCUT2D eigenvalue weighted by Crippen LogP contribution is -2.58. The van der Waals surface area contributed by atoms with Crippen molar-refractivity contribution < 1.29 is 23.7 Å². The zero-order valence-corrected chi connectivity index (χ0v) is 25.7. The minimum atomic E-state index is -0.456. The van der Waals surface area contributed by atoms with Crippen LogP contribution in [0.5, 0.6) is 0 Å². The summed E-state index contributed by atoms with van der Waals surface area (Å²) >= 11 is 0. The molecule has 0 saturated carbocycles. The van der Waals surface area contributed by atoms with Gasteiger partial charge < -0.3 is 28.3 Å². The Balaban J connectivity index is 1.33. The van der Waals surface area contributed by atoms with Gasteiger partial charge in [-0.1, -0.05) is 121 Å². The van der Waals surface area contributed by atoms with Gasteiger partial charge in [-0.25, -0.2) is 0 Å². The van der Waals surface area contributed by atoms with Crippen molar-refractivity contribution >= 4 is 0 Å². The highest BCUT2D eigenvalue weighted by Gasteiger charge is 2.49. The number of aromatic nitrogens is 1. The molecule has 0 N–H and O–H groups in total. The Morgan fingerprint density at radius 2 is 0.956 bits per heavy atom. The third kappa shape index (κ3) is 8.37. The molecule has 1 saturated heterocycles. The van der Waals surface area contributed by atoms with E-state index in [1.807, 2.05) is 92.1 Å². The van der Waals surface area contributed by atoms with Gasteiger partial charge in [0.2, 0.25) is 0 Å². The van der Waals surface area contributed by atoms with Crippen LogP contribution in [0.25, 0.3) is 0 Å². The molecule has 1 aliphatic heterocycles. The summed E-state index contributed by atoms with van der Waals surface area (Å²) in [6, 6.07) is 45.0. The normalized spacial score (nSPS) is 21.5. The molecule has 232 valence electrons. The lowest BCUT2D eigenvalue weighted by molar-refractivity contribution is -0.276. The van der Waals surface area contributed by atoms with Gasteiger partial charge in [0.05, 0.1) is 33.0 Å². The molecule has 6 heteroatoms. The lowest BCUT2D eigenvalue weighted by Gasteiger charge is -2.46. The van der Waals surface area contributed by atoms with E-state index in [0.29, 0.717) is 33.0 Å². The molecule has 6 rings (SSSR count). The van der Waals surface area contributed by atoms with Crippen molar-refractivity contribution in [2.45, 2.75) is 56.9 Å². The van der Waals surface area contributed by atoms with Crippen molar-refractivity contribution in [1.29, 1.82) is 0 Å². The molecule has 0 bridgehead atoms. The first-order valence-electron chi connectivity index (χ1n) is 15.6. The van der Waals surface area contributed by atoms with Crippen LogP contribution in [0.4, 0.5) is 0 Å². The quantitative estimate of drug-likeness (QED) is 0.132. The molecule has 2 heterocycles. The van der Waals surface area contributed by atoms with E-state index in [-0.39, 0.29) is 0 Å². The first-order chi connectivity index (χ1) is 22.2. The Labute approximate surface area is 266 Å². The Morgan fingerprint density at radius 3 is 1.42 bits per heavy atom. The number of rotatable bonds is 14.